The third kappa shape index (κ3) is 1.95. The van der Waals surface area contributed by atoms with E-state index in [1.807, 2.05) is 48.0 Å². The molecule has 0 unspecified atom stereocenters. The van der Waals surface area contributed by atoms with E-state index in [4.69, 9.17) is 5.26 Å². The van der Waals surface area contributed by atoms with E-state index in [0.29, 0.717) is 12.2 Å². The number of nitriles is 1. The first-order chi connectivity index (χ1) is 9.29. The number of aromatic nitrogens is 3. The molecule has 2 aromatic heterocycles. The van der Waals surface area contributed by atoms with Gasteiger partial charge in [0.2, 0.25) is 0 Å². The minimum Gasteiger partial charge on any atom is -0.261 e. The Bertz CT molecular complexity index is 780. The number of hydrogen-bond acceptors (Lipinski definition) is 3. The number of benzene rings is 1. The lowest BCUT2D eigenvalue weighted by Crippen LogP contribution is -2.04. The molecular weight excluding hydrogens is 236 g/mol. The molecule has 0 bridgehead atoms. The van der Waals surface area contributed by atoms with Crippen molar-refractivity contribution < 1.29 is 0 Å². The number of hydrogen-bond donors (Lipinski definition) is 0. The summed E-state index contributed by atoms with van der Waals surface area (Å²) in [5, 5.41) is 14.4. The van der Waals surface area contributed by atoms with Crippen LogP contribution in [0.3, 0.4) is 0 Å². The van der Waals surface area contributed by atoms with Crippen molar-refractivity contribution in [2.45, 2.75) is 13.5 Å². The average molecular weight is 248 g/mol. The highest BCUT2D eigenvalue weighted by Gasteiger charge is 2.10. The van der Waals surface area contributed by atoms with Crippen molar-refractivity contribution in [3.63, 3.8) is 0 Å². The second-order valence-electron chi connectivity index (χ2n) is 4.38. The highest BCUT2D eigenvalue weighted by Crippen LogP contribution is 2.19. The van der Waals surface area contributed by atoms with Gasteiger partial charge in [0.05, 0.1) is 12.1 Å². The lowest BCUT2D eigenvalue weighted by Gasteiger charge is -2.05. The average Bonchev–Trinajstić information content (AvgIpc) is 2.80. The summed E-state index contributed by atoms with van der Waals surface area (Å²) in [4.78, 5) is 4.28. The van der Waals surface area contributed by atoms with E-state index in [9.17, 15) is 0 Å². The molecule has 0 fully saturated rings. The van der Waals surface area contributed by atoms with Gasteiger partial charge in [-0.25, -0.2) is 0 Å². The smallest absolute Gasteiger partial charge is 0.170 e. The van der Waals surface area contributed by atoms with E-state index in [-0.39, 0.29) is 0 Å². The topological polar surface area (TPSA) is 54.5 Å². The molecule has 0 spiro atoms. The molecule has 0 aliphatic rings. The molecule has 0 N–H and O–H groups in total. The Morgan fingerprint density at radius 2 is 2.05 bits per heavy atom. The highest BCUT2D eigenvalue weighted by molar-refractivity contribution is 5.84. The van der Waals surface area contributed by atoms with Gasteiger partial charge in [-0.1, -0.05) is 18.2 Å². The fourth-order valence-corrected chi connectivity index (χ4v) is 2.18. The van der Waals surface area contributed by atoms with Crippen LogP contribution in [-0.2, 0) is 6.54 Å². The first-order valence-corrected chi connectivity index (χ1v) is 6.06. The summed E-state index contributed by atoms with van der Waals surface area (Å²) < 4.78 is 1.86. The Balaban J connectivity index is 2.12. The molecule has 0 saturated carbocycles. The summed E-state index contributed by atoms with van der Waals surface area (Å²) in [6, 6.07) is 13.9. The van der Waals surface area contributed by atoms with Gasteiger partial charge in [-0.15, -0.1) is 0 Å². The second kappa shape index (κ2) is 4.54. The number of nitrogens with zero attached hydrogens (tertiary/aromatic N) is 4. The summed E-state index contributed by atoms with van der Waals surface area (Å²) >= 11 is 0. The maximum Gasteiger partial charge on any atom is 0.170 e. The largest absolute Gasteiger partial charge is 0.261 e. The monoisotopic (exact) mass is 248 g/mol. The SMILES string of the molecule is Cc1ncccc1Cn1nc(C#N)c2ccccc21. The summed E-state index contributed by atoms with van der Waals surface area (Å²) in [5.74, 6) is 0. The van der Waals surface area contributed by atoms with Gasteiger partial charge >= 0.3 is 0 Å². The van der Waals surface area contributed by atoms with Crippen molar-refractivity contribution in [2.75, 3.05) is 0 Å². The van der Waals surface area contributed by atoms with Crippen LogP contribution in [0.5, 0.6) is 0 Å². The predicted octanol–water partition coefficient (Wildman–Crippen LogP) is 2.66. The first kappa shape index (κ1) is 11.4. The molecular formula is C15H12N4. The van der Waals surface area contributed by atoms with Gasteiger partial charge < -0.3 is 0 Å². The number of fused-ring (bicyclic) bond motifs is 1. The maximum absolute atomic E-state index is 9.13. The minimum absolute atomic E-state index is 0.470. The molecule has 3 aromatic rings. The van der Waals surface area contributed by atoms with Crippen LogP contribution in [0.4, 0.5) is 0 Å². The summed E-state index contributed by atoms with van der Waals surface area (Å²) in [6.07, 6.45) is 1.78. The predicted molar refractivity (Wildman–Crippen MR) is 72.5 cm³/mol. The molecule has 0 amide bonds. The van der Waals surface area contributed by atoms with Gasteiger partial charge in [0.15, 0.2) is 5.69 Å². The molecule has 1 aromatic carbocycles. The minimum atomic E-state index is 0.470. The van der Waals surface area contributed by atoms with Crippen LogP contribution in [0.1, 0.15) is 17.0 Å². The Kier molecular flexibility index (Phi) is 2.73. The molecule has 0 aliphatic carbocycles. The quantitative estimate of drug-likeness (QED) is 0.700. The molecule has 4 nitrogen and oxygen atoms in total. The van der Waals surface area contributed by atoms with E-state index < -0.39 is 0 Å². The van der Waals surface area contributed by atoms with Crippen LogP contribution < -0.4 is 0 Å². The van der Waals surface area contributed by atoms with Crippen molar-refractivity contribution in [1.82, 2.24) is 14.8 Å². The van der Waals surface area contributed by atoms with Gasteiger partial charge in [0.1, 0.15) is 6.07 Å². The zero-order chi connectivity index (χ0) is 13.2. The van der Waals surface area contributed by atoms with Crippen LogP contribution in [0.15, 0.2) is 42.6 Å². The number of rotatable bonds is 2. The zero-order valence-corrected chi connectivity index (χ0v) is 10.5. The van der Waals surface area contributed by atoms with Gasteiger partial charge in [-0.05, 0) is 30.7 Å². The third-order valence-corrected chi connectivity index (χ3v) is 3.20. The molecule has 3 rings (SSSR count). The van der Waals surface area contributed by atoms with Crippen LogP contribution in [0, 0.1) is 18.3 Å². The normalized spacial score (nSPS) is 10.5. The van der Waals surface area contributed by atoms with Crippen molar-refractivity contribution in [1.29, 1.82) is 5.26 Å². The number of aryl methyl sites for hydroxylation is 1. The Hall–Kier alpha value is -2.67. The summed E-state index contributed by atoms with van der Waals surface area (Å²) in [6.45, 7) is 2.61. The van der Waals surface area contributed by atoms with Crippen molar-refractivity contribution in [3.05, 3.63) is 59.5 Å². The number of pyridine rings is 1. The first-order valence-electron chi connectivity index (χ1n) is 6.06. The second-order valence-corrected chi connectivity index (χ2v) is 4.38. The number of para-hydroxylation sites is 1. The molecule has 2 heterocycles. The van der Waals surface area contributed by atoms with E-state index in [1.165, 1.54) is 0 Å². The lowest BCUT2D eigenvalue weighted by atomic mass is 10.2. The Labute approximate surface area is 110 Å². The molecule has 4 heteroatoms. The van der Waals surface area contributed by atoms with Crippen LogP contribution >= 0.6 is 0 Å². The fourth-order valence-electron chi connectivity index (χ4n) is 2.18. The fraction of sp³-hybridized carbons (Fsp3) is 0.133. The molecule has 0 radical (unpaired) electrons. The maximum atomic E-state index is 9.13. The summed E-state index contributed by atoms with van der Waals surface area (Å²) in [7, 11) is 0. The summed E-state index contributed by atoms with van der Waals surface area (Å²) in [5.41, 5.74) is 3.54. The van der Waals surface area contributed by atoms with Crippen molar-refractivity contribution >= 4 is 10.9 Å². The van der Waals surface area contributed by atoms with E-state index in [0.717, 1.165) is 22.2 Å². The van der Waals surface area contributed by atoms with Crippen LogP contribution in [0.2, 0.25) is 0 Å². The molecule has 0 saturated heterocycles. The third-order valence-electron chi connectivity index (χ3n) is 3.20. The van der Waals surface area contributed by atoms with Gasteiger partial charge in [0, 0.05) is 17.3 Å². The van der Waals surface area contributed by atoms with Gasteiger partial charge in [-0.2, -0.15) is 10.4 Å². The van der Waals surface area contributed by atoms with Crippen LogP contribution in [-0.4, -0.2) is 14.8 Å². The van der Waals surface area contributed by atoms with Crippen molar-refractivity contribution in [3.8, 4) is 6.07 Å². The van der Waals surface area contributed by atoms with Crippen molar-refractivity contribution in [2.24, 2.45) is 0 Å². The van der Waals surface area contributed by atoms with Gasteiger partial charge in [0.25, 0.3) is 0 Å². The standard InChI is InChI=1S/C15H12N4/c1-11-12(5-4-8-17-11)10-19-15-7-3-2-6-13(15)14(9-16)18-19/h2-8H,10H2,1H3. The van der Waals surface area contributed by atoms with Gasteiger partial charge in [-0.3, -0.25) is 9.67 Å². The highest BCUT2D eigenvalue weighted by atomic mass is 15.3. The van der Waals surface area contributed by atoms with Crippen LogP contribution in [0.25, 0.3) is 10.9 Å². The van der Waals surface area contributed by atoms with E-state index in [2.05, 4.69) is 16.2 Å². The molecule has 0 atom stereocenters. The zero-order valence-electron chi connectivity index (χ0n) is 10.5. The Morgan fingerprint density at radius 1 is 1.21 bits per heavy atom. The Morgan fingerprint density at radius 3 is 2.84 bits per heavy atom. The van der Waals surface area contributed by atoms with E-state index >= 15 is 0 Å². The van der Waals surface area contributed by atoms with E-state index in [1.54, 1.807) is 6.20 Å². The molecule has 19 heavy (non-hydrogen) atoms. The molecule has 92 valence electrons. The molecule has 0 aliphatic heterocycles. The lowest BCUT2D eigenvalue weighted by molar-refractivity contribution is 0.702.